The molecular weight excluding hydrogens is 453 g/mol. The van der Waals surface area contributed by atoms with Crippen molar-refractivity contribution in [1.82, 2.24) is 0 Å². The van der Waals surface area contributed by atoms with Gasteiger partial charge in [0.25, 0.3) is 0 Å². The fourth-order valence-electron chi connectivity index (χ4n) is 1.77. The Kier molecular flexibility index (Phi) is 11.4. The van der Waals surface area contributed by atoms with Gasteiger partial charge in [-0.2, -0.15) is 0 Å². The molecule has 0 spiro atoms. The third-order valence-electron chi connectivity index (χ3n) is 3.04. The molecule has 0 unspecified atom stereocenters. The maximum absolute atomic E-state index is 10.6. The van der Waals surface area contributed by atoms with Gasteiger partial charge in [-0.25, -0.2) is 9.59 Å². The van der Waals surface area contributed by atoms with Gasteiger partial charge in [-0.1, -0.05) is 0 Å². The monoisotopic (exact) mass is 470 g/mol. The average Bonchev–Trinajstić information content (AvgIpc) is 2.63. The Morgan fingerprint density at radius 3 is 1.93 bits per heavy atom. The van der Waals surface area contributed by atoms with Crippen molar-refractivity contribution < 1.29 is 29.3 Å². The van der Waals surface area contributed by atoms with Crippen molar-refractivity contribution >= 4 is 59.7 Å². The SMILES string of the molecule is COc1cc(N)c(C(=O)O)cc1Br.COc1ccc(C(=O)O)c(N)c1.[B]=NS. The quantitative estimate of drug-likeness (QED) is 0.259. The Morgan fingerprint density at radius 2 is 1.54 bits per heavy atom. The van der Waals surface area contributed by atoms with Gasteiger partial charge in [0, 0.05) is 23.5 Å². The molecule has 6 N–H and O–H groups in total. The number of carboxylic acid groups (broad SMARTS) is 2. The van der Waals surface area contributed by atoms with E-state index in [9.17, 15) is 9.59 Å². The van der Waals surface area contributed by atoms with Gasteiger partial charge in [-0.15, -0.1) is 0 Å². The number of halogens is 1. The van der Waals surface area contributed by atoms with E-state index in [2.05, 4.69) is 40.7 Å². The van der Waals surface area contributed by atoms with E-state index in [1.54, 1.807) is 6.07 Å². The van der Waals surface area contributed by atoms with E-state index in [-0.39, 0.29) is 22.5 Å². The summed E-state index contributed by atoms with van der Waals surface area (Å²) in [6.45, 7) is 0. The molecule has 0 heterocycles. The molecule has 1 radical (unpaired) electrons. The van der Waals surface area contributed by atoms with Crippen LogP contribution in [-0.2, 0) is 0 Å². The van der Waals surface area contributed by atoms with Crippen molar-refractivity contribution in [2.24, 2.45) is 4.30 Å². The van der Waals surface area contributed by atoms with Crippen LogP contribution in [0.5, 0.6) is 11.5 Å². The summed E-state index contributed by atoms with van der Waals surface area (Å²) in [5.41, 5.74) is 11.5. The number of hydrogen-bond donors (Lipinski definition) is 5. The van der Waals surface area contributed by atoms with Crippen molar-refractivity contribution in [3.05, 3.63) is 45.9 Å². The van der Waals surface area contributed by atoms with Gasteiger partial charge in [0.2, 0.25) is 0 Å². The third kappa shape index (κ3) is 7.88. The molecule has 2 aromatic rings. The third-order valence-corrected chi connectivity index (χ3v) is 3.66. The Labute approximate surface area is 176 Å². The molecule has 12 heteroatoms. The summed E-state index contributed by atoms with van der Waals surface area (Å²) in [5, 5.41) is 17.3. The number of carbonyl (C=O) groups is 2. The summed E-state index contributed by atoms with van der Waals surface area (Å²) in [4.78, 5) is 21.1. The molecule has 0 atom stereocenters. The number of ether oxygens (including phenoxy) is 2. The molecular formula is C16H18BBrN3O6S. The van der Waals surface area contributed by atoms with Crippen molar-refractivity contribution in [2.45, 2.75) is 0 Å². The first-order chi connectivity index (χ1) is 13.1. The van der Waals surface area contributed by atoms with Crippen LogP contribution in [0.25, 0.3) is 0 Å². The predicted octanol–water partition coefficient (Wildman–Crippen LogP) is 2.90. The summed E-state index contributed by atoms with van der Waals surface area (Å²) in [6, 6.07) is 7.32. The van der Waals surface area contributed by atoms with Crippen LogP contribution in [-0.4, -0.2) is 44.0 Å². The molecule has 0 saturated carbocycles. The van der Waals surface area contributed by atoms with Crippen LogP contribution in [0.1, 0.15) is 20.7 Å². The van der Waals surface area contributed by atoms with E-state index in [1.165, 1.54) is 38.5 Å². The molecule has 0 aliphatic carbocycles. The topological polar surface area (TPSA) is 157 Å². The molecule has 0 saturated heterocycles. The number of thiol groups is 1. The minimum atomic E-state index is -1.05. The van der Waals surface area contributed by atoms with Gasteiger partial charge in [0.1, 0.15) is 11.5 Å². The van der Waals surface area contributed by atoms with Crippen LogP contribution in [0.4, 0.5) is 11.4 Å². The van der Waals surface area contributed by atoms with Gasteiger partial charge < -0.3 is 31.2 Å². The van der Waals surface area contributed by atoms with Gasteiger partial charge in [-0.3, -0.25) is 0 Å². The predicted molar refractivity (Wildman–Crippen MR) is 114 cm³/mol. The molecule has 0 aliphatic heterocycles. The van der Waals surface area contributed by atoms with Crippen molar-refractivity contribution in [2.75, 3.05) is 25.7 Å². The van der Waals surface area contributed by atoms with Crippen LogP contribution in [0.15, 0.2) is 39.1 Å². The molecule has 28 heavy (non-hydrogen) atoms. The van der Waals surface area contributed by atoms with Crippen molar-refractivity contribution in [3.8, 4) is 11.5 Å². The summed E-state index contributed by atoms with van der Waals surface area (Å²) >= 11 is 6.36. The Bertz CT molecular complexity index is 853. The van der Waals surface area contributed by atoms with Crippen molar-refractivity contribution in [3.63, 3.8) is 0 Å². The molecule has 0 bridgehead atoms. The number of methoxy groups -OCH3 is 2. The second-order valence-electron chi connectivity index (χ2n) is 4.75. The molecule has 9 nitrogen and oxygen atoms in total. The number of benzene rings is 2. The van der Waals surface area contributed by atoms with Crippen LogP contribution >= 0.6 is 28.7 Å². The molecule has 149 valence electrons. The van der Waals surface area contributed by atoms with Gasteiger partial charge in [-0.05, 0) is 34.1 Å². The Hall–Kier alpha value is -2.73. The fourth-order valence-corrected chi connectivity index (χ4v) is 2.28. The molecule has 2 rings (SSSR count). The number of hydrogen-bond acceptors (Lipinski definition) is 8. The zero-order valence-corrected chi connectivity index (χ0v) is 17.4. The van der Waals surface area contributed by atoms with E-state index in [0.717, 1.165) is 0 Å². The van der Waals surface area contributed by atoms with Crippen LogP contribution in [0.2, 0.25) is 0 Å². The van der Waals surface area contributed by atoms with E-state index >= 15 is 0 Å². The van der Waals surface area contributed by atoms with Crippen LogP contribution < -0.4 is 20.9 Å². The number of carboxylic acids is 2. The minimum absolute atomic E-state index is 0.0627. The standard InChI is InChI=1S/C8H8BrNO3.C8H9NO3.BHNS/c1-13-7-3-6(10)4(8(11)12)2-5(7)9;1-12-5-2-3-6(8(10)11)7(9)4-5;1-2-3/h2-3H,10H2,1H3,(H,11,12);2-4H,9H2,1H3,(H,10,11);3H. The normalized spacial score (nSPS) is 8.96. The first kappa shape index (κ1) is 25.3. The number of anilines is 2. The van der Waals surface area contributed by atoms with Crippen LogP contribution in [0, 0.1) is 0 Å². The summed E-state index contributed by atoms with van der Waals surface area (Å²) < 4.78 is 13.1. The molecule has 0 amide bonds. The number of nitrogens with two attached hydrogens (primary N) is 2. The van der Waals surface area contributed by atoms with E-state index in [4.69, 9.17) is 31.2 Å². The van der Waals surface area contributed by atoms with Crippen molar-refractivity contribution in [1.29, 1.82) is 0 Å². The van der Waals surface area contributed by atoms with E-state index < -0.39 is 11.9 Å². The average molecular weight is 471 g/mol. The number of nitrogens with zero attached hydrogens (tertiary/aromatic N) is 1. The van der Waals surface area contributed by atoms with Gasteiger partial charge in [0.05, 0.1) is 29.8 Å². The van der Waals surface area contributed by atoms with Crippen LogP contribution in [0.3, 0.4) is 0 Å². The molecule has 0 aromatic heterocycles. The molecule has 2 aromatic carbocycles. The Balaban J connectivity index is 0.000000458. The van der Waals surface area contributed by atoms with E-state index in [0.29, 0.717) is 16.0 Å². The first-order valence-corrected chi connectivity index (χ1v) is 8.39. The molecule has 0 fully saturated rings. The Morgan fingerprint density at radius 1 is 1.04 bits per heavy atom. The number of rotatable bonds is 4. The summed E-state index contributed by atoms with van der Waals surface area (Å²) in [7, 11) is 7.32. The first-order valence-electron chi connectivity index (χ1n) is 7.20. The molecule has 0 aliphatic rings. The van der Waals surface area contributed by atoms with Gasteiger partial charge >= 0.3 is 36.7 Å². The summed E-state index contributed by atoms with van der Waals surface area (Å²) in [6.07, 6.45) is 0. The van der Waals surface area contributed by atoms with Gasteiger partial charge in [0.15, 0.2) is 0 Å². The maximum atomic E-state index is 10.6. The van der Waals surface area contributed by atoms with E-state index in [1.807, 2.05) is 0 Å². The number of aromatic carboxylic acids is 2. The zero-order valence-electron chi connectivity index (χ0n) is 14.9. The second-order valence-corrected chi connectivity index (χ2v) is 5.84. The summed E-state index contributed by atoms with van der Waals surface area (Å²) in [5.74, 6) is -1.02. The number of nitrogen functional groups attached to an aromatic ring is 2. The zero-order chi connectivity index (χ0) is 21.9. The second kappa shape index (κ2) is 12.6. The fraction of sp³-hybridized carbons (Fsp3) is 0.125.